The molecule has 1 aromatic carbocycles. The molecular formula is C11H9BrClFN2S. The second kappa shape index (κ2) is 5.33. The van der Waals surface area contributed by atoms with Crippen LogP contribution in [0.4, 0.5) is 10.1 Å². The van der Waals surface area contributed by atoms with Gasteiger partial charge in [-0.1, -0.05) is 11.6 Å². The van der Waals surface area contributed by atoms with Gasteiger partial charge in [0, 0.05) is 16.0 Å². The molecule has 0 saturated carbocycles. The fourth-order valence-corrected chi connectivity index (χ4v) is 2.97. The molecule has 90 valence electrons. The Morgan fingerprint density at radius 3 is 2.88 bits per heavy atom. The number of benzene rings is 1. The van der Waals surface area contributed by atoms with Gasteiger partial charge in [-0.25, -0.2) is 9.37 Å². The Kier molecular flexibility index (Phi) is 4.01. The first kappa shape index (κ1) is 12.8. The smallest absolute Gasteiger partial charge is 0.125 e. The summed E-state index contributed by atoms with van der Waals surface area (Å²) in [6.07, 6.45) is 1.75. The first-order valence-electron chi connectivity index (χ1n) is 4.88. The van der Waals surface area contributed by atoms with E-state index in [0.29, 0.717) is 15.2 Å². The number of nitrogens with zero attached hydrogens (tertiary/aromatic N) is 1. The summed E-state index contributed by atoms with van der Waals surface area (Å²) >= 11 is 10.8. The fraction of sp³-hybridized carbons (Fsp3) is 0.182. The molecule has 0 fully saturated rings. The highest BCUT2D eigenvalue weighted by Crippen LogP contribution is 2.34. The third kappa shape index (κ3) is 2.97. The lowest BCUT2D eigenvalue weighted by molar-refractivity contribution is 0.627. The maximum absolute atomic E-state index is 13.1. The Morgan fingerprint density at radius 1 is 1.53 bits per heavy atom. The van der Waals surface area contributed by atoms with Crippen molar-refractivity contribution in [1.29, 1.82) is 0 Å². The fourth-order valence-electron chi connectivity index (χ4n) is 1.41. The predicted molar refractivity (Wildman–Crippen MR) is 73.3 cm³/mol. The van der Waals surface area contributed by atoms with Gasteiger partial charge in [0.25, 0.3) is 0 Å². The maximum Gasteiger partial charge on any atom is 0.125 e. The molecule has 1 N–H and O–H groups in total. The number of aromatic nitrogens is 1. The number of hydrogen-bond donors (Lipinski definition) is 1. The molecule has 17 heavy (non-hydrogen) atoms. The zero-order valence-corrected chi connectivity index (χ0v) is 12.0. The summed E-state index contributed by atoms with van der Waals surface area (Å²) in [6.45, 7) is 1.98. The van der Waals surface area contributed by atoms with Crippen molar-refractivity contribution in [2.45, 2.75) is 13.0 Å². The summed E-state index contributed by atoms with van der Waals surface area (Å²) in [7, 11) is 0. The number of nitrogens with one attached hydrogen (secondary N) is 1. The highest BCUT2D eigenvalue weighted by molar-refractivity contribution is 9.10. The Hall–Kier alpha value is -0.650. The van der Waals surface area contributed by atoms with Crippen LogP contribution in [0.1, 0.15) is 18.0 Å². The second-order valence-electron chi connectivity index (χ2n) is 3.48. The average Bonchev–Trinajstić information content (AvgIpc) is 2.76. The van der Waals surface area contributed by atoms with Crippen molar-refractivity contribution in [2.75, 3.05) is 5.32 Å². The predicted octanol–water partition coefficient (Wildman–Crippen LogP) is 4.87. The highest BCUT2D eigenvalue weighted by atomic mass is 79.9. The molecule has 0 aliphatic heterocycles. The number of hydrogen-bond acceptors (Lipinski definition) is 3. The van der Waals surface area contributed by atoms with Gasteiger partial charge in [0.05, 0.1) is 16.8 Å². The van der Waals surface area contributed by atoms with E-state index in [2.05, 4.69) is 26.2 Å². The summed E-state index contributed by atoms with van der Waals surface area (Å²) in [6, 6.07) is 2.68. The van der Waals surface area contributed by atoms with Crippen LogP contribution in [0, 0.1) is 5.82 Å². The lowest BCUT2D eigenvalue weighted by Gasteiger charge is -2.15. The minimum atomic E-state index is -0.366. The molecule has 1 atom stereocenters. The standard InChI is InChI=1S/C11H9BrClFN2S/c1-6(11-15-2-3-17-11)16-10-8(12)4-7(14)5-9(10)13/h2-6,16H,1H3. The molecule has 2 rings (SSSR count). The van der Waals surface area contributed by atoms with Crippen LogP contribution in [0.25, 0.3) is 0 Å². The Morgan fingerprint density at radius 2 is 2.29 bits per heavy atom. The van der Waals surface area contributed by atoms with Crippen molar-refractivity contribution < 1.29 is 4.39 Å². The van der Waals surface area contributed by atoms with Gasteiger partial charge >= 0.3 is 0 Å². The van der Waals surface area contributed by atoms with Gasteiger partial charge in [0.2, 0.25) is 0 Å². The molecule has 0 bridgehead atoms. The minimum absolute atomic E-state index is 0.0225. The number of anilines is 1. The minimum Gasteiger partial charge on any atom is -0.374 e. The van der Waals surface area contributed by atoms with Crippen LogP contribution in [0.3, 0.4) is 0 Å². The average molecular weight is 336 g/mol. The van der Waals surface area contributed by atoms with Gasteiger partial charge in [-0.15, -0.1) is 11.3 Å². The van der Waals surface area contributed by atoms with E-state index >= 15 is 0 Å². The summed E-state index contributed by atoms with van der Waals surface area (Å²) in [4.78, 5) is 4.21. The molecule has 0 aliphatic carbocycles. The van der Waals surface area contributed by atoms with E-state index < -0.39 is 0 Å². The largest absolute Gasteiger partial charge is 0.374 e. The van der Waals surface area contributed by atoms with Crippen molar-refractivity contribution in [3.8, 4) is 0 Å². The first-order valence-corrected chi connectivity index (χ1v) is 6.93. The molecule has 6 heteroatoms. The lowest BCUT2D eigenvalue weighted by Crippen LogP contribution is -2.07. The van der Waals surface area contributed by atoms with Gasteiger partial charge in [-0.05, 0) is 35.0 Å². The van der Waals surface area contributed by atoms with E-state index in [1.807, 2.05) is 12.3 Å². The zero-order chi connectivity index (χ0) is 12.4. The third-order valence-corrected chi connectivity index (χ3v) is 4.07. The lowest BCUT2D eigenvalue weighted by atomic mass is 10.2. The number of thiazole rings is 1. The SMILES string of the molecule is CC(Nc1c(Cl)cc(F)cc1Br)c1nccs1. The van der Waals surface area contributed by atoms with E-state index in [1.54, 1.807) is 17.5 Å². The van der Waals surface area contributed by atoms with E-state index in [9.17, 15) is 4.39 Å². The van der Waals surface area contributed by atoms with Crippen molar-refractivity contribution in [3.05, 3.63) is 44.0 Å². The van der Waals surface area contributed by atoms with Crippen LogP contribution in [0.2, 0.25) is 5.02 Å². The van der Waals surface area contributed by atoms with E-state index in [0.717, 1.165) is 5.01 Å². The quantitative estimate of drug-likeness (QED) is 0.865. The van der Waals surface area contributed by atoms with Gasteiger partial charge in [-0.2, -0.15) is 0 Å². The van der Waals surface area contributed by atoms with E-state index in [1.165, 1.54) is 12.1 Å². The van der Waals surface area contributed by atoms with Crippen molar-refractivity contribution in [2.24, 2.45) is 0 Å². The number of halogens is 3. The molecule has 1 unspecified atom stereocenters. The van der Waals surface area contributed by atoms with Crippen molar-refractivity contribution >= 4 is 44.6 Å². The molecule has 2 aromatic rings. The summed E-state index contributed by atoms with van der Waals surface area (Å²) in [5.41, 5.74) is 0.677. The second-order valence-corrected chi connectivity index (χ2v) is 5.67. The molecule has 1 heterocycles. The van der Waals surface area contributed by atoms with Gasteiger partial charge in [-0.3, -0.25) is 0 Å². The maximum atomic E-state index is 13.1. The number of rotatable bonds is 3. The molecule has 0 saturated heterocycles. The van der Waals surface area contributed by atoms with Crippen LogP contribution in [0.5, 0.6) is 0 Å². The van der Waals surface area contributed by atoms with E-state index in [4.69, 9.17) is 11.6 Å². The highest BCUT2D eigenvalue weighted by Gasteiger charge is 2.13. The van der Waals surface area contributed by atoms with Crippen LogP contribution < -0.4 is 5.32 Å². The van der Waals surface area contributed by atoms with E-state index in [-0.39, 0.29) is 11.9 Å². The summed E-state index contributed by atoms with van der Waals surface area (Å²) in [5, 5.41) is 6.43. The molecular weight excluding hydrogens is 327 g/mol. The molecule has 1 aromatic heterocycles. The van der Waals surface area contributed by atoms with Crippen molar-refractivity contribution in [3.63, 3.8) is 0 Å². The third-order valence-electron chi connectivity index (χ3n) is 2.19. The van der Waals surface area contributed by atoms with Crippen LogP contribution in [-0.4, -0.2) is 4.98 Å². The monoisotopic (exact) mass is 334 g/mol. The van der Waals surface area contributed by atoms with Gasteiger partial charge in [0.15, 0.2) is 0 Å². The van der Waals surface area contributed by atoms with Crippen LogP contribution >= 0.6 is 38.9 Å². The Balaban J connectivity index is 2.25. The van der Waals surface area contributed by atoms with Gasteiger partial charge in [0.1, 0.15) is 10.8 Å². The normalized spacial score (nSPS) is 12.5. The molecule has 2 nitrogen and oxygen atoms in total. The molecule has 0 aliphatic rings. The molecule has 0 spiro atoms. The van der Waals surface area contributed by atoms with Crippen molar-refractivity contribution in [1.82, 2.24) is 4.98 Å². The topological polar surface area (TPSA) is 24.9 Å². The van der Waals surface area contributed by atoms with Gasteiger partial charge < -0.3 is 5.32 Å². The zero-order valence-electron chi connectivity index (χ0n) is 8.88. The summed E-state index contributed by atoms with van der Waals surface area (Å²) < 4.78 is 13.7. The molecule has 0 amide bonds. The Bertz CT molecular complexity index is 495. The first-order chi connectivity index (χ1) is 8.08. The van der Waals surface area contributed by atoms with Crippen LogP contribution in [-0.2, 0) is 0 Å². The Labute approximate surface area is 116 Å². The summed E-state index contributed by atoms with van der Waals surface area (Å²) in [5.74, 6) is -0.366. The van der Waals surface area contributed by atoms with Crippen LogP contribution in [0.15, 0.2) is 28.2 Å². The molecule has 0 radical (unpaired) electrons.